The van der Waals surface area contributed by atoms with Gasteiger partial charge in [-0.05, 0) is 67.6 Å². The summed E-state index contributed by atoms with van der Waals surface area (Å²) in [6.45, 7) is 17.5. The number of fused-ring (bicyclic) bond motifs is 1. The Bertz CT molecular complexity index is 839. The molecule has 0 aromatic heterocycles. The lowest BCUT2D eigenvalue weighted by atomic mass is 9.66. The maximum Gasteiger partial charge on any atom is 0.308 e. The van der Waals surface area contributed by atoms with Gasteiger partial charge in [-0.25, -0.2) is 0 Å². The van der Waals surface area contributed by atoms with Crippen LogP contribution >= 0.6 is 0 Å². The predicted molar refractivity (Wildman–Crippen MR) is 147 cm³/mol. The van der Waals surface area contributed by atoms with Crippen molar-refractivity contribution in [3.8, 4) is 0 Å². The zero-order chi connectivity index (χ0) is 26.7. The van der Waals surface area contributed by atoms with E-state index in [4.69, 9.17) is 13.9 Å². The van der Waals surface area contributed by atoms with Crippen molar-refractivity contribution >= 4 is 20.3 Å². The highest BCUT2D eigenvalue weighted by atomic mass is 28.4. The number of ether oxygens (including phenoxy) is 2. The van der Waals surface area contributed by atoms with E-state index in [0.29, 0.717) is 18.3 Å². The number of hydrogen-bond donors (Lipinski definition) is 0. The van der Waals surface area contributed by atoms with E-state index in [-0.39, 0.29) is 47.1 Å². The van der Waals surface area contributed by atoms with Gasteiger partial charge in [0.15, 0.2) is 8.32 Å². The van der Waals surface area contributed by atoms with E-state index in [1.165, 1.54) is 5.57 Å². The predicted octanol–water partition coefficient (Wildman–Crippen LogP) is 7.37. The largest absolute Gasteiger partial charge is 0.462 e. The summed E-state index contributed by atoms with van der Waals surface area (Å²) in [5.74, 6) is 0.714. The molecule has 2 aliphatic carbocycles. The third-order valence-electron chi connectivity index (χ3n) is 9.04. The minimum absolute atomic E-state index is 0.0558. The summed E-state index contributed by atoms with van der Waals surface area (Å²) < 4.78 is 18.6. The minimum atomic E-state index is -1.95. The lowest BCUT2D eigenvalue weighted by Crippen LogP contribution is -2.47. The summed E-state index contributed by atoms with van der Waals surface area (Å²) in [5.41, 5.74) is 1.31. The van der Waals surface area contributed by atoms with Crippen molar-refractivity contribution in [2.75, 3.05) is 0 Å². The van der Waals surface area contributed by atoms with Crippen LogP contribution in [0, 0.1) is 23.7 Å². The molecule has 0 aromatic rings. The average molecular weight is 519 g/mol. The van der Waals surface area contributed by atoms with Crippen LogP contribution in [0.2, 0.25) is 18.1 Å². The van der Waals surface area contributed by atoms with E-state index in [9.17, 15) is 9.59 Å². The highest BCUT2D eigenvalue weighted by Crippen LogP contribution is 2.45. The number of esters is 2. The molecule has 7 atom stereocenters. The smallest absolute Gasteiger partial charge is 0.308 e. The summed E-state index contributed by atoms with van der Waals surface area (Å²) in [6, 6.07) is 0. The molecular weight excluding hydrogens is 468 g/mol. The molecule has 0 unspecified atom stereocenters. The van der Waals surface area contributed by atoms with Crippen molar-refractivity contribution in [2.45, 2.75) is 129 Å². The first-order valence-electron chi connectivity index (χ1n) is 14.3. The zero-order valence-corrected chi connectivity index (χ0v) is 25.0. The number of carbonyl (C=O) groups excluding carboxylic acids is 2. The van der Waals surface area contributed by atoms with Crippen LogP contribution < -0.4 is 0 Å². The van der Waals surface area contributed by atoms with Crippen molar-refractivity contribution in [1.29, 1.82) is 0 Å². The van der Waals surface area contributed by atoms with Gasteiger partial charge < -0.3 is 13.9 Å². The van der Waals surface area contributed by atoms with Crippen molar-refractivity contribution in [2.24, 2.45) is 23.7 Å². The van der Waals surface area contributed by atoms with Crippen LogP contribution in [0.15, 0.2) is 23.8 Å². The van der Waals surface area contributed by atoms with E-state index in [1.807, 2.05) is 6.92 Å². The van der Waals surface area contributed by atoms with E-state index in [2.05, 4.69) is 65.9 Å². The van der Waals surface area contributed by atoms with Crippen molar-refractivity contribution in [3.05, 3.63) is 23.8 Å². The second kappa shape index (κ2) is 12.0. The summed E-state index contributed by atoms with van der Waals surface area (Å²) in [7, 11) is -1.95. The molecule has 0 saturated carbocycles. The Kier molecular flexibility index (Phi) is 9.70. The molecule has 5 nitrogen and oxygen atoms in total. The Balaban J connectivity index is 1.67. The number of carbonyl (C=O) groups is 2. The molecule has 0 spiro atoms. The van der Waals surface area contributed by atoms with Gasteiger partial charge in [0.25, 0.3) is 0 Å². The number of rotatable bonds is 9. The molecule has 3 aliphatic rings. The van der Waals surface area contributed by atoms with E-state index >= 15 is 0 Å². The molecule has 0 aromatic carbocycles. The molecule has 204 valence electrons. The third kappa shape index (κ3) is 7.12. The number of hydrogen-bond acceptors (Lipinski definition) is 5. The molecule has 0 amide bonds. The fourth-order valence-electron chi connectivity index (χ4n) is 5.85. The summed E-state index contributed by atoms with van der Waals surface area (Å²) in [6.07, 6.45) is 13.2. The molecule has 1 aliphatic heterocycles. The van der Waals surface area contributed by atoms with Crippen LogP contribution in [0.4, 0.5) is 0 Å². The Labute approximate surface area is 220 Å². The van der Waals surface area contributed by atoms with Gasteiger partial charge in [0.05, 0.1) is 18.4 Å². The molecule has 1 saturated heterocycles. The monoisotopic (exact) mass is 518 g/mol. The van der Waals surface area contributed by atoms with Crippen LogP contribution in [0.25, 0.3) is 0 Å². The first-order valence-corrected chi connectivity index (χ1v) is 17.2. The van der Waals surface area contributed by atoms with Crippen LogP contribution in [0.1, 0.15) is 92.9 Å². The summed E-state index contributed by atoms with van der Waals surface area (Å²) >= 11 is 0. The SMILES string of the molecule is CCC[C@H](C)C(=O)O[C@H]1CCC=C2C=C[C@H](C)[C@H](CC[C@@H]3C[C@@H](O[Si](C)(C)C(C)(C)C)CC(=O)O3)[C@H]21. The van der Waals surface area contributed by atoms with E-state index < -0.39 is 8.32 Å². The zero-order valence-electron chi connectivity index (χ0n) is 24.0. The van der Waals surface area contributed by atoms with Crippen molar-refractivity contribution in [1.82, 2.24) is 0 Å². The molecule has 6 heteroatoms. The maximum absolute atomic E-state index is 12.8. The molecule has 0 N–H and O–H groups in total. The highest BCUT2D eigenvalue weighted by Gasteiger charge is 2.43. The van der Waals surface area contributed by atoms with E-state index in [0.717, 1.165) is 44.9 Å². The normalized spacial score (nSPS) is 31.8. The van der Waals surface area contributed by atoms with Crippen molar-refractivity contribution < 1.29 is 23.5 Å². The molecule has 1 fully saturated rings. The summed E-state index contributed by atoms with van der Waals surface area (Å²) in [5, 5.41) is 0.110. The fourth-order valence-corrected chi connectivity index (χ4v) is 7.22. The molecule has 0 radical (unpaired) electrons. The van der Waals surface area contributed by atoms with Gasteiger partial charge in [0.1, 0.15) is 12.2 Å². The minimum Gasteiger partial charge on any atom is -0.462 e. The van der Waals surface area contributed by atoms with Crippen LogP contribution in [0.3, 0.4) is 0 Å². The molecule has 0 bridgehead atoms. The standard InChI is InChI=1S/C30H50O5Si/c1-9-11-21(3)29(32)34-26-13-10-12-22-15-14-20(2)25(28(22)26)17-16-23-18-24(19-27(31)33-23)35-36(7,8)30(4,5)6/h12,14-15,20-21,23-26,28H,9-11,13,16-19H2,1-8H3/t20-,21-,23+,24+,25-,26-,28-/m0/s1. The Morgan fingerprint density at radius 1 is 1.25 bits per heavy atom. The fraction of sp³-hybridized carbons (Fsp3) is 0.800. The number of allylic oxidation sites excluding steroid dienone is 3. The van der Waals surface area contributed by atoms with Crippen molar-refractivity contribution in [3.63, 3.8) is 0 Å². The maximum atomic E-state index is 12.8. The van der Waals surface area contributed by atoms with Gasteiger partial charge in [0, 0.05) is 12.3 Å². The molecule has 3 rings (SSSR count). The second-order valence-electron chi connectivity index (χ2n) is 13.0. The topological polar surface area (TPSA) is 61.8 Å². The molecule has 36 heavy (non-hydrogen) atoms. The van der Waals surface area contributed by atoms with Crippen LogP contribution in [0.5, 0.6) is 0 Å². The van der Waals surface area contributed by atoms with E-state index in [1.54, 1.807) is 0 Å². The second-order valence-corrected chi connectivity index (χ2v) is 17.7. The van der Waals surface area contributed by atoms with Gasteiger partial charge in [-0.15, -0.1) is 0 Å². The Morgan fingerprint density at radius 3 is 2.64 bits per heavy atom. The summed E-state index contributed by atoms with van der Waals surface area (Å²) in [4.78, 5) is 25.3. The lowest BCUT2D eigenvalue weighted by Gasteiger charge is -2.43. The molecule has 1 heterocycles. The lowest BCUT2D eigenvalue weighted by molar-refractivity contribution is -0.161. The van der Waals surface area contributed by atoms with Gasteiger partial charge in [-0.2, -0.15) is 0 Å². The van der Waals surface area contributed by atoms with Crippen LogP contribution in [-0.2, 0) is 23.5 Å². The van der Waals surface area contributed by atoms with Gasteiger partial charge in [-0.3, -0.25) is 9.59 Å². The molecular formula is C30H50O5Si. The van der Waals surface area contributed by atoms with Crippen LogP contribution in [-0.4, -0.2) is 38.6 Å². The highest BCUT2D eigenvalue weighted by molar-refractivity contribution is 6.74. The van der Waals surface area contributed by atoms with Gasteiger partial charge in [0.2, 0.25) is 0 Å². The quantitative estimate of drug-likeness (QED) is 0.235. The van der Waals surface area contributed by atoms with Gasteiger partial charge in [-0.1, -0.05) is 66.2 Å². The Morgan fingerprint density at radius 2 is 1.97 bits per heavy atom. The first kappa shape index (κ1) is 29.2. The van der Waals surface area contributed by atoms with Gasteiger partial charge >= 0.3 is 11.9 Å². The number of cyclic esters (lactones) is 1. The average Bonchev–Trinajstić information content (AvgIpc) is 2.77. The first-order chi connectivity index (χ1) is 16.8. The third-order valence-corrected chi connectivity index (χ3v) is 13.6. The Hall–Kier alpha value is -1.40.